The van der Waals surface area contributed by atoms with E-state index in [9.17, 15) is 0 Å². The Kier molecular flexibility index (Phi) is 2.62. The Labute approximate surface area is 59.1 Å². The van der Waals surface area contributed by atoms with Gasteiger partial charge in [-0.1, -0.05) is 0 Å². The van der Waals surface area contributed by atoms with Gasteiger partial charge < -0.3 is 20.1 Å². The third-order valence-corrected chi connectivity index (χ3v) is 1.62. The predicted octanol–water partition coefficient (Wildman–Crippen LogP) is -1.16. The van der Waals surface area contributed by atoms with Gasteiger partial charge in [-0.15, -0.1) is 0 Å². The van der Waals surface area contributed by atoms with Gasteiger partial charge in [-0.3, -0.25) is 0 Å². The minimum absolute atomic E-state index is 0.398. The molecule has 0 spiro atoms. The zero-order valence-corrected chi connectivity index (χ0v) is 5.60. The van der Waals surface area contributed by atoms with E-state index in [-0.39, 0.29) is 0 Å². The minimum atomic E-state index is -1.22. The molecule has 0 aliphatic carbocycles. The standard InChI is InChI=1S/C6H12O4/c7-4-2-1-3-10-6(9)5(4)8/h4-9H,1-3H2/t4-,5-,6?/m0/s1. The molecule has 1 unspecified atom stereocenters. The molecule has 60 valence electrons. The highest BCUT2D eigenvalue weighted by atomic mass is 16.6. The van der Waals surface area contributed by atoms with E-state index < -0.39 is 18.5 Å². The number of hydrogen-bond donors (Lipinski definition) is 3. The number of rotatable bonds is 0. The molecule has 4 heteroatoms. The SMILES string of the molecule is OC1OCCC[C@H](O)[C@@H]1O. The molecule has 10 heavy (non-hydrogen) atoms. The van der Waals surface area contributed by atoms with Crippen LogP contribution in [-0.2, 0) is 4.74 Å². The van der Waals surface area contributed by atoms with Crippen molar-refractivity contribution < 1.29 is 20.1 Å². The molecule has 1 heterocycles. The van der Waals surface area contributed by atoms with Crippen LogP contribution in [0.2, 0.25) is 0 Å². The van der Waals surface area contributed by atoms with Gasteiger partial charge in [0.25, 0.3) is 0 Å². The van der Waals surface area contributed by atoms with Crippen LogP contribution in [0.3, 0.4) is 0 Å². The van der Waals surface area contributed by atoms with Crippen molar-refractivity contribution in [1.82, 2.24) is 0 Å². The lowest BCUT2D eigenvalue weighted by Gasteiger charge is -2.17. The van der Waals surface area contributed by atoms with Crippen LogP contribution in [0.25, 0.3) is 0 Å². The second kappa shape index (κ2) is 3.30. The Balaban J connectivity index is 2.46. The van der Waals surface area contributed by atoms with E-state index in [1.54, 1.807) is 0 Å². The second-order valence-electron chi connectivity index (χ2n) is 2.46. The van der Waals surface area contributed by atoms with Gasteiger partial charge in [0, 0.05) is 6.61 Å². The Morgan fingerprint density at radius 3 is 2.60 bits per heavy atom. The van der Waals surface area contributed by atoms with Crippen LogP contribution in [-0.4, -0.2) is 40.4 Å². The molecule has 0 bridgehead atoms. The molecule has 0 aromatic carbocycles. The van der Waals surface area contributed by atoms with E-state index in [0.29, 0.717) is 19.4 Å². The lowest BCUT2D eigenvalue weighted by atomic mass is 10.1. The molecule has 0 amide bonds. The van der Waals surface area contributed by atoms with Crippen LogP contribution in [0.15, 0.2) is 0 Å². The Bertz CT molecular complexity index is 93.9. The Morgan fingerprint density at radius 1 is 1.20 bits per heavy atom. The second-order valence-corrected chi connectivity index (χ2v) is 2.46. The van der Waals surface area contributed by atoms with Crippen molar-refractivity contribution in [2.45, 2.75) is 31.3 Å². The van der Waals surface area contributed by atoms with E-state index in [0.717, 1.165) is 0 Å². The fourth-order valence-electron chi connectivity index (χ4n) is 0.956. The first-order valence-corrected chi connectivity index (χ1v) is 3.37. The Morgan fingerprint density at radius 2 is 1.90 bits per heavy atom. The minimum Gasteiger partial charge on any atom is -0.390 e. The third-order valence-electron chi connectivity index (χ3n) is 1.62. The van der Waals surface area contributed by atoms with Crippen molar-refractivity contribution in [3.05, 3.63) is 0 Å². The summed E-state index contributed by atoms with van der Waals surface area (Å²) in [6.07, 6.45) is -2.06. The topological polar surface area (TPSA) is 69.9 Å². The zero-order valence-electron chi connectivity index (χ0n) is 5.60. The predicted molar refractivity (Wildman–Crippen MR) is 33.2 cm³/mol. The van der Waals surface area contributed by atoms with Gasteiger partial charge in [-0.05, 0) is 12.8 Å². The maximum atomic E-state index is 9.04. The fraction of sp³-hybridized carbons (Fsp3) is 1.00. The van der Waals surface area contributed by atoms with Crippen molar-refractivity contribution in [3.8, 4) is 0 Å². The van der Waals surface area contributed by atoms with E-state index in [2.05, 4.69) is 0 Å². The van der Waals surface area contributed by atoms with Crippen molar-refractivity contribution in [2.75, 3.05) is 6.61 Å². The van der Waals surface area contributed by atoms with Gasteiger partial charge in [-0.25, -0.2) is 0 Å². The molecular weight excluding hydrogens is 136 g/mol. The lowest BCUT2D eigenvalue weighted by molar-refractivity contribution is -0.174. The summed E-state index contributed by atoms with van der Waals surface area (Å²) in [6, 6.07) is 0. The summed E-state index contributed by atoms with van der Waals surface area (Å²) in [4.78, 5) is 0. The molecule has 1 saturated heterocycles. The van der Waals surface area contributed by atoms with Crippen LogP contribution in [0.1, 0.15) is 12.8 Å². The summed E-state index contributed by atoms with van der Waals surface area (Å²) >= 11 is 0. The number of ether oxygens (including phenoxy) is 1. The highest BCUT2D eigenvalue weighted by Crippen LogP contribution is 2.12. The third kappa shape index (κ3) is 1.67. The maximum Gasteiger partial charge on any atom is 0.183 e. The van der Waals surface area contributed by atoms with Gasteiger partial charge >= 0.3 is 0 Å². The highest BCUT2D eigenvalue weighted by Gasteiger charge is 2.27. The largest absolute Gasteiger partial charge is 0.390 e. The highest BCUT2D eigenvalue weighted by molar-refractivity contribution is 4.72. The van der Waals surface area contributed by atoms with Gasteiger partial charge in [0.1, 0.15) is 6.10 Å². The summed E-state index contributed by atoms with van der Waals surface area (Å²) in [5.41, 5.74) is 0. The molecule has 1 rings (SSSR count). The Hall–Kier alpha value is -0.160. The van der Waals surface area contributed by atoms with Crippen LogP contribution >= 0.6 is 0 Å². The molecule has 4 nitrogen and oxygen atoms in total. The molecule has 1 fully saturated rings. The average Bonchev–Trinajstić information content (AvgIpc) is 2.04. The number of aliphatic hydroxyl groups excluding tert-OH is 3. The number of hydrogen-bond acceptors (Lipinski definition) is 4. The lowest BCUT2D eigenvalue weighted by Crippen LogP contribution is -2.36. The summed E-state index contributed by atoms with van der Waals surface area (Å²) in [7, 11) is 0. The van der Waals surface area contributed by atoms with E-state index in [1.165, 1.54) is 0 Å². The van der Waals surface area contributed by atoms with Crippen molar-refractivity contribution >= 4 is 0 Å². The van der Waals surface area contributed by atoms with Crippen molar-refractivity contribution in [3.63, 3.8) is 0 Å². The first-order valence-electron chi connectivity index (χ1n) is 3.37. The monoisotopic (exact) mass is 148 g/mol. The molecule has 0 aromatic heterocycles. The van der Waals surface area contributed by atoms with Gasteiger partial charge in [0.15, 0.2) is 6.29 Å². The quantitative estimate of drug-likeness (QED) is 0.405. The molecule has 1 aliphatic heterocycles. The van der Waals surface area contributed by atoms with E-state index in [4.69, 9.17) is 20.1 Å². The molecular formula is C6H12O4. The summed E-state index contributed by atoms with van der Waals surface area (Å²) < 4.78 is 4.73. The van der Waals surface area contributed by atoms with Crippen LogP contribution < -0.4 is 0 Å². The van der Waals surface area contributed by atoms with E-state index in [1.807, 2.05) is 0 Å². The van der Waals surface area contributed by atoms with Crippen LogP contribution in [0.4, 0.5) is 0 Å². The summed E-state index contributed by atoms with van der Waals surface area (Å²) in [5.74, 6) is 0. The van der Waals surface area contributed by atoms with Crippen molar-refractivity contribution in [2.24, 2.45) is 0 Å². The smallest absolute Gasteiger partial charge is 0.183 e. The molecule has 1 aliphatic rings. The maximum absolute atomic E-state index is 9.04. The first kappa shape index (κ1) is 7.94. The van der Waals surface area contributed by atoms with Crippen molar-refractivity contribution in [1.29, 1.82) is 0 Å². The molecule has 0 aromatic rings. The summed E-state index contributed by atoms with van der Waals surface area (Å²) in [6.45, 7) is 0.398. The molecule has 3 N–H and O–H groups in total. The van der Waals surface area contributed by atoms with E-state index >= 15 is 0 Å². The normalized spacial score (nSPS) is 42.9. The van der Waals surface area contributed by atoms with Crippen LogP contribution in [0, 0.1) is 0 Å². The summed E-state index contributed by atoms with van der Waals surface area (Å²) in [5, 5.41) is 26.9. The number of aliphatic hydroxyl groups is 3. The molecule has 0 radical (unpaired) electrons. The fourth-order valence-corrected chi connectivity index (χ4v) is 0.956. The molecule has 0 saturated carbocycles. The van der Waals surface area contributed by atoms with Crippen LogP contribution in [0.5, 0.6) is 0 Å². The zero-order chi connectivity index (χ0) is 7.56. The first-order chi connectivity index (χ1) is 4.72. The van der Waals surface area contributed by atoms with Gasteiger partial charge in [0.2, 0.25) is 0 Å². The van der Waals surface area contributed by atoms with Gasteiger partial charge in [-0.2, -0.15) is 0 Å². The average molecular weight is 148 g/mol. The molecule has 3 atom stereocenters. The van der Waals surface area contributed by atoms with Gasteiger partial charge in [0.05, 0.1) is 6.10 Å².